The number of aryl methyl sites for hydroxylation is 1. The number of hydrogen-bond acceptors (Lipinski definition) is 4. The highest BCUT2D eigenvalue weighted by atomic mass is 32.1. The summed E-state index contributed by atoms with van der Waals surface area (Å²) in [6, 6.07) is 4.82. The van der Waals surface area contributed by atoms with E-state index in [9.17, 15) is 4.79 Å². The minimum absolute atomic E-state index is 0.280. The summed E-state index contributed by atoms with van der Waals surface area (Å²) < 4.78 is 0. The van der Waals surface area contributed by atoms with Crippen LogP contribution in [0.1, 0.15) is 54.9 Å². The highest BCUT2D eigenvalue weighted by Crippen LogP contribution is 2.28. The molecule has 28 heavy (non-hydrogen) atoms. The Morgan fingerprint density at radius 3 is 2.50 bits per heavy atom. The van der Waals surface area contributed by atoms with Crippen LogP contribution in [0.5, 0.6) is 0 Å². The van der Waals surface area contributed by atoms with Crippen molar-refractivity contribution in [2.24, 2.45) is 11.7 Å². The Hall–Kier alpha value is -1.30. The Labute approximate surface area is 175 Å². The summed E-state index contributed by atoms with van der Waals surface area (Å²) in [6.45, 7) is 10.7. The molecule has 4 nitrogen and oxygen atoms in total. The van der Waals surface area contributed by atoms with Gasteiger partial charge in [-0.05, 0) is 50.3 Å². The lowest BCUT2D eigenvalue weighted by molar-refractivity contribution is -0.140. The van der Waals surface area contributed by atoms with Crippen molar-refractivity contribution < 1.29 is 4.79 Å². The van der Waals surface area contributed by atoms with E-state index < -0.39 is 0 Å². The van der Waals surface area contributed by atoms with E-state index in [0.29, 0.717) is 12.5 Å². The summed E-state index contributed by atoms with van der Waals surface area (Å²) in [4.78, 5) is 18.4. The molecular weight excluding hydrogens is 366 g/mol. The van der Waals surface area contributed by atoms with Crippen LogP contribution < -0.4 is 5.73 Å². The average Bonchev–Trinajstić information content (AvgIpc) is 3.19. The Bertz CT molecular complexity index is 727. The van der Waals surface area contributed by atoms with Gasteiger partial charge in [-0.25, -0.2) is 0 Å². The van der Waals surface area contributed by atoms with Crippen LogP contribution in [0.2, 0.25) is 0 Å². The minimum Gasteiger partial charge on any atom is -0.337 e. The molecule has 2 N–H and O–H groups in total. The third-order valence-electron chi connectivity index (χ3n) is 6.48. The molecule has 1 atom stereocenters. The summed E-state index contributed by atoms with van der Waals surface area (Å²) in [5.74, 6) is 0.677. The van der Waals surface area contributed by atoms with Gasteiger partial charge < -0.3 is 10.6 Å². The van der Waals surface area contributed by atoms with Crippen LogP contribution in [0.25, 0.3) is 0 Å². The first-order valence-corrected chi connectivity index (χ1v) is 11.1. The number of nitrogens with two attached hydrogens (primary N) is 1. The molecule has 0 unspecified atom stereocenters. The van der Waals surface area contributed by atoms with E-state index >= 15 is 0 Å². The van der Waals surface area contributed by atoms with E-state index in [2.05, 4.69) is 42.7 Å². The lowest BCUT2D eigenvalue weighted by Gasteiger charge is -2.41. The van der Waals surface area contributed by atoms with Crippen LogP contribution in [-0.2, 0) is 17.8 Å². The Balaban J connectivity index is 1.65. The molecule has 1 amide bonds. The molecule has 0 radical (unpaired) electrons. The van der Waals surface area contributed by atoms with Crippen molar-refractivity contribution in [1.82, 2.24) is 9.80 Å². The topological polar surface area (TPSA) is 49.6 Å². The van der Waals surface area contributed by atoms with Crippen molar-refractivity contribution in [2.75, 3.05) is 26.2 Å². The molecule has 1 heterocycles. The van der Waals surface area contributed by atoms with E-state index in [4.69, 9.17) is 18.0 Å². The lowest BCUT2D eigenvalue weighted by Crippen LogP contribution is -2.54. The molecule has 3 rings (SSSR count). The zero-order chi connectivity index (χ0) is 20.3. The molecule has 0 aromatic heterocycles. The number of carbonyl (C=O) groups is 1. The second-order valence-corrected chi connectivity index (χ2v) is 9.30. The van der Waals surface area contributed by atoms with Crippen LogP contribution in [0.4, 0.5) is 0 Å². The fraction of sp³-hybridized carbons (Fsp3) is 0.652. The first-order chi connectivity index (χ1) is 13.4. The molecule has 0 spiro atoms. The van der Waals surface area contributed by atoms with Gasteiger partial charge in [0, 0.05) is 56.0 Å². The molecule has 1 saturated carbocycles. The average molecular weight is 402 g/mol. The van der Waals surface area contributed by atoms with Gasteiger partial charge in [0.1, 0.15) is 0 Å². The molecule has 154 valence electrons. The number of rotatable bonds is 6. The number of thiocarbonyl (C=S) groups is 1. The van der Waals surface area contributed by atoms with Crippen molar-refractivity contribution in [3.8, 4) is 0 Å². The third-order valence-corrected chi connectivity index (χ3v) is 6.79. The molecule has 2 fully saturated rings. The van der Waals surface area contributed by atoms with Crippen molar-refractivity contribution >= 4 is 23.0 Å². The third kappa shape index (κ3) is 5.00. The highest BCUT2D eigenvalue weighted by Gasteiger charge is 2.33. The summed E-state index contributed by atoms with van der Waals surface area (Å²) in [5, 5.41) is 0. The van der Waals surface area contributed by atoms with Crippen molar-refractivity contribution in [3.05, 3.63) is 34.4 Å². The number of nitrogens with zero attached hydrogens (tertiary/aromatic N) is 2. The predicted molar refractivity (Wildman–Crippen MR) is 120 cm³/mol. The fourth-order valence-electron chi connectivity index (χ4n) is 4.80. The number of hydrogen-bond donors (Lipinski definition) is 1. The molecule has 0 bridgehead atoms. The molecular formula is C23H35N3OS. The van der Waals surface area contributed by atoms with Crippen LogP contribution in [-0.4, -0.2) is 52.8 Å². The van der Waals surface area contributed by atoms with Gasteiger partial charge in [0.25, 0.3) is 0 Å². The smallest absolute Gasteiger partial charge is 0.226 e. The van der Waals surface area contributed by atoms with Gasteiger partial charge in [0.2, 0.25) is 5.91 Å². The summed E-state index contributed by atoms with van der Waals surface area (Å²) in [5.41, 5.74) is 11.0. The van der Waals surface area contributed by atoms with Gasteiger partial charge >= 0.3 is 0 Å². The van der Waals surface area contributed by atoms with Gasteiger partial charge in [-0.15, -0.1) is 0 Å². The Kier molecular flexibility index (Phi) is 7.24. The summed E-state index contributed by atoms with van der Waals surface area (Å²) >= 11 is 5.37. The maximum Gasteiger partial charge on any atom is 0.226 e. The molecule has 1 aliphatic heterocycles. The predicted octanol–water partition coefficient (Wildman–Crippen LogP) is 3.40. The Morgan fingerprint density at radius 2 is 1.86 bits per heavy atom. The molecule has 1 aromatic rings. The maximum absolute atomic E-state index is 12.8. The van der Waals surface area contributed by atoms with E-state index in [1.807, 2.05) is 0 Å². The van der Waals surface area contributed by atoms with E-state index in [-0.39, 0.29) is 12.0 Å². The van der Waals surface area contributed by atoms with Crippen molar-refractivity contribution in [1.29, 1.82) is 0 Å². The van der Waals surface area contributed by atoms with Gasteiger partial charge in [0.15, 0.2) is 0 Å². The zero-order valence-electron chi connectivity index (χ0n) is 17.7. The van der Waals surface area contributed by atoms with Crippen LogP contribution in [0.3, 0.4) is 0 Å². The standard InChI is InChI=1S/C23H35N3OS/c1-16-10-20(12-22(28)13-24)18(3)21(11-16)15-25-8-9-26(17(2)14-25)23(27)19-6-4-5-7-19/h10-11,17,19H,4-9,12-15,24H2,1-3H3/t17-/m0/s1. The summed E-state index contributed by atoms with van der Waals surface area (Å²) in [6.07, 6.45) is 5.39. The number of amides is 1. The van der Waals surface area contributed by atoms with Gasteiger partial charge in [-0.2, -0.15) is 0 Å². The zero-order valence-corrected chi connectivity index (χ0v) is 18.5. The molecule has 1 aromatic carbocycles. The monoisotopic (exact) mass is 401 g/mol. The molecule has 1 saturated heterocycles. The first-order valence-electron chi connectivity index (χ1n) is 10.7. The lowest BCUT2D eigenvalue weighted by atomic mass is 9.95. The normalized spacial score (nSPS) is 21.3. The van der Waals surface area contributed by atoms with Gasteiger partial charge in [0.05, 0.1) is 0 Å². The Morgan fingerprint density at radius 1 is 1.18 bits per heavy atom. The van der Waals surface area contributed by atoms with Crippen molar-refractivity contribution in [2.45, 2.75) is 65.5 Å². The van der Waals surface area contributed by atoms with Crippen LogP contribution in [0.15, 0.2) is 12.1 Å². The van der Waals surface area contributed by atoms with Crippen LogP contribution in [0, 0.1) is 19.8 Å². The second-order valence-electron chi connectivity index (χ2n) is 8.72. The van der Waals surface area contributed by atoms with E-state index in [0.717, 1.165) is 50.3 Å². The van der Waals surface area contributed by atoms with E-state index in [1.54, 1.807) is 0 Å². The van der Waals surface area contributed by atoms with Crippen LogP contribution >= 0.6 is 12.2 Å². The fourth-order valence-corrected chi connectivity index (χ4v) is 4.95. The highest BCUT2D eigenvalue weighted by molar-refractivity contribution is 7.80. The van der Waals surface area contributed by atoms with Gasteiger partial charge in [-0.1, -0.05) is 42.8 Å². The molecule has 2 aliphatic rings. The molecule has 1 aliphatic carbocycles. The van der Waals surface area contributed by atoms with Gasteiger partial charge in [-0.3, -0.25) is 9.69 Å². The van der Waals surface area contributed by atoms with E-state index in [1.165, 1.54) is 35.1 Å². The molecule has 5 heteroatoms. The number of carbonyl (C=O) groups excluding carboxylic acids is 1. The number of benzene rings is 1. The minimum atomic E-state index is 0.280. The largest absolute Gasteiger partial charge is 0.337 e. The number of piperazine rings is 1. The SMILES string of the molecule is Cc1cc(CC(=S)CN)c(C)c(CN2CCN(C(=O)C3CCCC3)[C@@H](C)C2)c1. The van der Waals surface area contributed by atoms with Crippen molar-refractivity contribution in [3.63, 3.8) is 0 Å². The first kappa shape index (κ1) is 21.4. The maximum atomic E-state index is 12.8. The summed E-state index contributed by atoms with van der Waals surface area (Å²) in [7, 11) is 0. The second kappa shape index (κ2) is 9.47. The quantitative estimate of drug-likeness (QED) is 0.742.